The van der Waals surface area contributed by atoms with E-state index in [1.165, 1.54) is 0 Å². The van der Waals surface area contributed by atoms with Gasteiger partial charge in [0.2, 0.25) is 5.88 Å². The lowest BCUT2D eigenvalue weighted by molar-refractivity contribution is -0.139. The molecule has 2 aromatic carbocycles. The van der Waals surface area contributed by atoms with Gasteiger partial charge in [-0.25, -0.2) is 9.78 Å². The number of aliphatic carboxylic acids is 1. The molecule has 4 rings (SSSR count). The molecule has 0 saturated heterocycles. The predicted molar refractivity (Wildman–Crippen MR) is 121 cm³/mol. The van der Waals surface area contributed by atoms with Gasteiger partial charge in [0.05, 0.1) is 16.1 Å². The molecule has 0 atom stereocenters. The summed E-state index contributed by atoms with van der Waals surface area (Å²) < 4.78 is 16.6. The number of hydrogen-bond acceptors (Lipinski definition) is 6. The number of rotatable bonds is 8. The number of nitrogens with zero attached hydrogens (tertiary/aromatic N) is 2. The van der Waals surface area contributed by atoms with E-state index >= 15 is 0 Å². The van der Waals surface area contributed by atoms with Crippen molar-refractivity contribution >= 4 is 40.1 Å². The molecular weight excluding hydrogens is 455 g/mol. The van der Waals surface area contributed by atoms with Gasteiger partial charge in [-0.05, 0) is 42.8 Å². The van der Waals surface area contributed by atoms with E-state index in [0.29, 0.717) is 39.7 Å². The lowest BCUT2D eigenvalue weighted by Gasteiger charge is -2.10. The van der Waals surface area contributed by atoms with Gasteiger partial charge >= 0.3 is 5.97 Å². The zero-order valence-electron chi connectivity index (χ0n) is 17.0. The average molecular weight is 473 g/mol. The van der Waals surface area contributed by atoms with Crippen LogP contribution >= 0.6 is 23.2 Å². The van der Waals surface area contributed by atoms with E-state index in [0.717, 1.165) is 17.7 Å². The Bertz CT molecular complexity index is 1270. The molecule has 4 aromatic rings. The Hall–Kier alpha value is -3.29. The molecular formula is C23H18Cl2N2O5. The van der Waals surface area contributed by atoms with E-state index in [-0.39, 0.29) is 10.8 Å². The second-order valence-electron chi connectivity index (χ2n) is 6.94. The van der Waals surface area contributed by atoms with Crippen molar-refractivity contribution in [3.8, 4) is 28.6 Å². The summed E-state index contributed by atoms with van der Waals surface area (Å²) in [5, 5.41) is 14.6. The van der Waals surface area contributed by atoms with E-state index in [1.54, 1.807) is 42.5 Å². The first kappa shape index (κ1) is 21.9. The van der Waals surface area contributed by atoms with Gasteiger partial charge in [0, 0.05) is 22.7 Å². The van der Waals surface area contributed by atoms with Gasteiger partial charge in [0.1, 0.15) is 17.2 Å². The summed E-state index contributed by atoms with van der Waals surface area (Å²) in [6.07, 6.45) is 1.55. The topological polar surface area (TPSA) is 94.7 Å². The van der Waals surface area contributed by atoms with Crippen molar-refractivity contribution in [2.45, 2.75) is 19.8 Å². The lowest BCUT2D eigenvalue weighted by Crippen LogP contribution is -2.09. The summed E-state index contributed by atoms with van der Waals surface area (Å²) in [5.74, 6) is 0.204. The van der Waals surface area contributed by atoms with E-state index in [2.05, 4.69) is 17.1 Å². The number of benzene rings is 2. The number of halogens is 2. The molecule has 7 nitrogen and oxygen atoms in total. The number of carbonyl (C=O) groups is 1. The molecule has 2 aromatic heterocycles. The lowest BCUT2D eigenvalue weighted by atomic mass is 10.0. The van der Waals surface area contributed by atoms with Crippen molar-refractivity contribution in [2.24, 2.45) is 0 Å². The smallest absolute Gasteiger partial charge is 0.341 e. The Morgan fingerprint density at radius 3 is 2.62 bits per heavy atom. The molecule has 9 heteroatoms. The van der Waals surface area contributed by atoms with E-state index in [1.807, 2.05) is 6.07 Å². The maximum atomic E-state index is 10.9. The number of carboxylic acid groups (broad SMARTS) is 1. The van der Waals surface area contributed by atoms with Crippen LogP contribution in [0.1, 0.15) is 19.0 Å². The Balaban J connectivity index is 1.72. The van der Waals surface area contributed by atoms with Crippen LogP contribution in [0.5, 0.6) is 17.4 Å². The average Bonchev–Trinajstić information content (AvgIpc) is 3.16. The quantitative estimate of drug-likeness (QED) is 0.316. The minimum absolute atomic E-state index is 0.235. The maximum Gasteiger partial charge on any atom is 0.341 e. The van der Waals surface area contributed by atoms with Crippen molar-refractivity contribution in [2.75, 3.05) is 6.61 Å². The normalized spacial score (nSPS) is 11.0. The zero-order chi connectivity index (χ0) is 22.7. The number of aryl methyl sites for hydroxylation is 1. The molecule has 2 heterocycles. The summed E-state index contributed by atoms with van der Waals surface area (Å²) in [6, 6.07) is 13.8. The molecule has 0 spiro atoms. The van der Waals surface area contributed by atoms with Crippen molar-refractivity contribution in [3.05, 3.63) is 64.3 Å². The number of fused-ring (bicyclic) bond motifs is 1. The SMILES string of the molecule is CCCc1nc(Oc2ccc(Cl)cc2)ccc1-c1noc2cc(Cl)c(OCC(=O)O)cc12. The second-order valence-corrected chi connectivity index (χ2v) is 7.79. The van der Waals surface area contributed by atoms with Gasteiger partial charge in [0.25, 0.3) is 0 Å². The highest BCUT2D eigenvalue weighted by Gasteiger charge is 2.19. The van der Waals surface area contributed by atoms with Crippen molar-refractivity contribution in [1.29, 1.82) is 0 Å². The molecule has 0 fully saturated rings. The Morgan fingerprint density at radius 2 is 1.91 bits per heavy atom. The van der Waals surface area contributed by atoms with Gasteiger partial charge in [-0.3, -0.25) is 0 Å². The van der Waals surface area contributed by atoms with Crippen LogP contribution in [-0.2, 0) is 11.2 Å². The van der Waals surface area contributed by atoms with E-state index in [9.17, 15) is 4.79 Å². The van der Waals surface area contributed by atoms with Crippen LogP contribution in [0.2, 0.25) is 10.0 Å². The summed E-state index contributed by atoms with van der Waals surface area (Å²) in [7, 11) is 0. The zero-order valence-corrected chi connectivity index (χ0v) is 18.5. The molecule has 0 amide bonds. The van der Waals surface area contributed by atoms with E-state index < -0.39 is 12.6 Å². The molecule has 0 unspecified atom stereocenters. The summed E-state index contributed by atoms with van der Waals surface area (Å²) >= 11 is 12.1. The molecule has 0 aliphatic rings. The molecule has 0 aliphatic carbocycles. The standard InChI is InChI=1S/C23H18Cl2N2O5/c1-2-3-18-15(8-9-21(26-18)31-14-6-4-13(24)5-7-14)23-16-10-20(30-12-22(28)29)17(25)11-19(16)32-27-23/h4-11H,2-3,12H2,1H3,(H,28,29). The van der Waals surface area contributed by atoms with Gasteiger partial charge in [-0.2, -0.15) is 0 Å². The molecule has 0 saturated carbocycles. The minimum atomic E-state index is -1.10. The number of hydrogen-bond donors (Lipinski definition) is 1. The molecule has 0 radical (unpaired) electrons. The van der Waals surface area contributed by atoms with Gasteiger partial charge in [0.15, 0.2) is 12.2 Å². The van der Waals surface area contributed by atoms with Crippen LogP contribution in [-0.4, -0.2) is 27.8 Å². The highest BCUT2D eigenvalue weighted by Crippen LogP contribution is 2.37. The van der Waals surface area contributed by atoms with Crippen LogP contribution in [0.4, 0.5) is 0 Å². The predicted octanol–water partition coefficient (Wildman–Crippen LogP) is 6.40. The Kier molecular flexibility index (Phi) is 6.48. The minimum Gasteiger partial charge on any atom is -0.480 e. The Morgan fingerprint density at radius 1 is 1.12 bits per heavy atom. The van der Waals surface area contributed by atoms with Crippen molar-refractivity contribution < 1.29 is 23.9 Å². The number of ether oxygens (including phenoxy) is 2. The first-order chi connectivity index (χ1) is 15.4. The highest BCUT2D eigenvalue weighted by atomic mass is 35.5. The number of carboxylic acids is 1. The van der Waals surface area contributed by atoms with Crippen molar-refractivity contribution in [1.82, 2.24) is 10.1 Å². The van der Waals surface area contributed by atoms with Crippen LogP contribution in [0, 0.1) is 0 Å². The molecule has 0 aliphatic heterocycles. The fourth-order valence-electron chi connectivity index (χ4n) is 3.19. The summed E-state index contributed by atoms with van der Waals surface area (Å²) in [6.45, 7) is 1.54. The first-order valence-electron chi connectivity index (χ1n) is 9.82. The van der Waals surface area contributed by atoms with Crippen molar-refractivity contribution in [3.63, 3.8) is 0 Å². The Labute approximate surface area is 193 Å². The van der Waals surface area contributed by atoms with Gasteiger partial charge < -0.3 is 19.1 Å². The fourth-order valence-corrected chi connectivity index (χ4v) is 3.52. The van der Waals surface area contributed by atoms with Crippen LogP contribution in [0.15, 0.2) is 53.1 Å². The summed E-state index contributed by atoms with van der Waals surface area (Å²) in [5.41, 5.74) is 2.58. The first-order valence-corrected chi connectivity index (χ1v) is 10.6. The fraction of sp³-hybridized carbons (Fsp3) is 0.174. The maximum absolute atomic E-state index is 10.9. The molecule has 0 bridgehead atoms. The van der Waals surface area contributed by atoms with E-state index in [4.69, 9.17) is 42.3 Å². The van der Waals surface area contributed by atoms with Gasteiger partial charge in [-0.1, -0.05) is 41.7 Å². The molecule has 32 heavy (non-hydrogen) atoms. The third kappa shape index (κ3) is 4.79. The summed E-state index contributed by atoms with van der Waals surface area (Å²) in [4.78, 5) is 15.5. The monoisotopic (exact) mass is 472 g/mol. The third-order valence-corrected chi connectivity index (χ3v) is 5.15. The highest BCUT2D eigenvalue weighted by molar-refractivity contribution is 6.33. The van der Waals surface area contributed by atoms with Crippen LogP contribution in [0.25, 0.3) is 22.2 Å². The number of pyridine rings is 1. The van der Waals surface area contributed by atoms with Crippen LogP contribution < -0.4 is 9.47 Å². The molecule has 164 valence electrons. The largest absolute Gasteiger partial charge is 0.480 e. The second kappa shape index (κ2) is 9.46. The number of aromatic nitrogens is 2. The van der Waals surface area contributed by atoms with Gasteiger partial charge in [-0.15, -0.1) is 0 Å². The third-order valence-electron chi connectivity index (χ3n) is 4.60. The molecule has 1 N–H and O–H groups in total. The van der Waals surface area contributed by atoms with Crippen LogP contribution in [0.3, 0.4) is 0 Å².